The average Bonchev–Trinajstić information content (AvgIpc) is 2.75. The zero-order valence-corrected chi connectivity index (χ0v) is 12.3. The molecule has 1 N–H and O–H groups in total. The van der Waals surface area contributed by atoms with Gasteiger partial charge in [-0.2, -0.15) is 0 Å². The summed E-state index contributed by atoms with van der Waals surface area (Å²) in [6.07, 6.45) is 0. The van der Waals surface area contributed by atoms with Gasteiger partial charge in [0.2, 0.25) is 19.3 Å². The number of aromatic nitrogens is 2. The maximum Gasteiger partial charge on any atom is 0.323 e. The molecule has 1 aromatic rings. The Morgan fingerprint density at radius 1 is 1.44 bits per heavy atom. The molecule has 0 saturated carbocycles. The minimum atomic E-state index is -3.42. The van der Waals surface area contributed by atoms with Crippen LogP contribution in [0.25, 0.3) is 0 Å². The summed E-state index contributed by atoms with van der Waals surface area (Å²) >= 11 is 0.889. The number of hydrogen-bond acceptors (Lipinski definition) is 6. The molecule has 0 aromatic carbocycles. The third-order valence-corrected chi connectivity index (χ3v) is 5.55. The summed E-state index contributed by atoms with van der Waals surface area (Å²) in [5.41, 5.74) is 0. The second kappa shape index (κ2) is 5.61. The summed E-state index contributed by atoms with van der Waals surface area (Å²) in [5, 5.41) is 10.0. The van der Waals surface area contributed by atoms with Gasteiger partial charge in [-0.05, 0) is 5.92 Å². The zero-order chi connectivity index (χ0) is 13.9. The lowest BCUT2D eigenvalue weighted by Crippen LogP contribution is -2.34. The lowest BCUT2D eigenvalue weighted by atomic mass is 10.3. The van der Waals surface area contributed by atoms with Crippen molar-refractivity contribution < 1.29 is 13.2 Å². The van der Waals surface area contributed by atoms with E-state index >= 15 is 0 Å². The molecule has 102 valence electrons. The van der Waals surface area contributed by atoms with Crippen molar-refractivity contribution >= 4 is 32.3 Å². The average molecular weight is 292 g/mol. The number of nitrogens with zero attached hydrogens (tertiary/aromatic N) is 3. The first-order valence-electron chi connectivity index (χ1n) is 5.29. The third kappa shape index (κ3) is 3.39. The molecule has 0 spiro atoms. The summed E-state index contributed by atoms with van der Waals surface area (Å²) in [5.74, 6) is 0.0321. The Balaban J connectivity index is 2.97. The van der Waals surface area contributed by atoms with E-state index in [0.717, 1.165) is 11.3 Å². The van der Waals surface area contributed by atoms with Crippen molar-refractivity contribution in [2.75, 3.05) is 24.7 Å². The Kier molecular flexibility index (Phi) is 4.63. The van der Waals surface area contributed by atoms with E-state index in [-0.39, 0.29) is 27.2 Å². The number of urea groups is 1. The lowest BCUT2D eigenvalue weighted by Gasteiger charge is -2.11. The minimum absolute atomic E-state index is 0.0130. The van der Waals surface area contributed by atoms with Gasteiger partial charge in [-0.25, -0.2) is 13.2 Å². The molecule has 0 aliphatic carbocycles. The molecule has 0 radical (unpaired) electrons. The molecule has 0 atom stereocenters. The molecule has 0 aliphatic rings. The van der Waals surface area contributed by atoms with Crippen molar-refractivity contribution in [2.24, 2.45) is 5.92 Å². The van der Waals surface area contributed by atoms with Crippen LogP contribution in [-0.2, 0) is 9.84 Å². The van der Waals surface area contributed by atoms with Gasteiger partial charge >= 0.3 is 6.03 Å². The van der Waals surface area contributed by atoms with Crippen LogP contribution in [0.3, 0.4) is 0 Å². The number of amides is 2. The van der Waals surface area contributed by atoms with Crippen LogP contribution in [0.15, 0.2) is 4.34 Å². The number of nitrogens with one attached hydrogen (secondary N) is 1. The van der Waals surface area contributed by atoms with E-state index < -0.39 is 9.84 Å². The van der Waals surface area contributed by atoms with Gasteiger partial charge in [0.15, 0.2) is 0 Å². The van der Waals surface area contributed by atoms with Crippen LogP contribution in [0.1, 0.15) is 13.8 Å². The summed E-state index contributed by atoms with van der Waals surface area (Å²) in [4.78, 5) is 12.6. The minimum Gasteiger partial charge on any atom is -0.341 e. The molecule has 2 amide bonds. The fourth-order valence-corrected chi connectivity index (χ4v) is 3.89. The van der Waals surface area contributed by atoms with Gasteiger partial charge in [0.25, 0.3) is 0 Å². The molecule has 1 heterocycles. The van der Waals surface area contributed by atoms with Gasteiger partial charge in [-0.15, -0.1) is 10.2 Å². The van der Waals surface area contributed by atoms with Crippen LogP contribution < -0.4 is 10.2 Å². The SMILES string of the molecule is CNC(=O)N(C)c1nnc(S(=O)(=O)CC(C)C)s1. The second-order valence-corrected chi connectivity index (χ2v) is 7.30. The van der Waals surface area contributed by atoms with Crippen LogP contribution in [0, 0.1) is 5.92 Å². The Morgan fingerprint density at radius 2 is 2.06 bits per heavy atom. The van der Waals surface area contributed by atoms with Crippen LogP contribution in [-0.4, -0.2) is 44.5 Å². The first-order chi connectivity index (χ1) is 8.27. The summed E-state index contributed by atoms with van der Waals surface area (Å²) in [6, 6.07) is -0.376. The molecular formula is C9H16N4O3S2. The van der Waals surface area contributed by atoms with Crippen LogP contribution in [0.5, 0.6) is 0 Å². The highest BCUT2D eigenvalue weighted by Crippen LogP contribution is 2.24. The summed E-state index contributed by atoms with van der Waals surface area (Å²) < 4.78 is 23.8. The molecule has 1 rings (SSSR count). The van der Waals surface area contributed by atoms with Gasteiger partial charge in [0.05, 0.1) is 5.75 Å². The molecule has 1 aromatic heterocycles. The highest BCUT2D eigenvalue weighted by molar-refractivity contribution is 7.93. The van der Waals surface area contributed by atoms with Crippen molar-refractivity contribution in [3.63, 3.8) is 0 Å². The molecular weight excluding hydrogens is 276 g/mol. The van der Waals surface area contributed by atoms with Crippen molar-refractivity contribution in [1.29, 1.82) is 0 Å². The first kappa shape index (κ1) is 14.8. The molecule has 0 fully saturated rings. The topological polar surface area (TPSA) is 92.3 Å². The van der Waals surface area contributed by atoms with Crippen molar-refractivity contribution in [1.82, 2.24) is 15.5 Å². The number of rotatable bonds is 4. The van der Waals surface area contributed by atoms with Crippen LogP contribution >= 0.6 is 11.3 Å². The summed E-state index contributed by atoms with van der Waals surface area (Å²) in [6.45, 7) is 3.63. The number of carbonyl (C=O) groups excluding carboxylic acids is 1. The van der Waals surface area contributed by atoms with Crippen molar-refractivity contribution in [2.45, 2.75) is 18.2 Å². The van der Waals surface area contributed by atoms with Crippen LogP contribution in [0.4, 0.5) is 9.93 Å². The first-order valence-corrected chi connectivity index (χ1v) is 7.76. The van der Waals surface area contributed by atoms with Gasteiger partial charge in [0.1, 0.15) is 0 Å². The van der Waals surface area contributed by atoms with E-state index in [9.17, 15) is 13.2 Å². The largest absolute Gasteiger partial charge is 0.341 e. The molecule has 7 nitrogen and oxygen atoms in total. The fraction of sp³-hybridized carbons (Fsp3) is 0.667. The van der Waals surface area contributed by atoms with E-state index in [1.165, 1.54) is 19.0 Å². The van der Waals surface area contributed by atoms with Gasteiger partial charge in [0, 0.05) is 14.1 Å². The van der Waals surface area contributed by atoms with E-state index in [1.54, 1.807) is 0 Å². The smallest absolute Gasteiger partial charge is 0.323 e. The number of anilines is 1. The van der Waals surface area contributed by atoms with Crippen molar-refractivity contribution in [3.05, 3.63) is 0 Å². The normalized spacial score (nSPS) is 11.6. The maximum atomic E-state index is 11.9. The Hall–Kier alpha value is -1.22. The van der Waals surface area contributed by atoms with E-state index in [0.29, 0.717) is 0 Å². The van der Waals surface area contributed by atoms with Gasteiger partial charge in [-0.3, -0.25) is 4.90 Å². The van der Waals surface area contributed by atoms with E-state index in [1.807, 2.05) is 13.8 Å². The zero-order valence-electron chi connectivity index (χ0n) is 10.7. The number of hydrogen-bond donors (Lipinski definition) is 1. The predicted octanol–water partition coefficient (Wildman–Crippen LogP) is 0.743. The van der Waals surface area contributed by atoms with E-state index in [2.05, 4.69) is 15.5 Å². The standard InChI is InChI=1S/C9H16N4O3S2/c1-6(2)5-18(15,16)9-12-11-8(17-9)13(4)7(14)10-3/h6H,5H2,1-4H3,(H,10,14). The third-order valence-electron chi connectivity index (χ3n) is 2.02. The molecule has 0 saturated heterocycles. The molecule has 9 heteroatoms. The highest BCUT2D eigenvalue weighted by atomic mass is 32.2. The van der Waals surface area contributed by atoms with Gasteiger partial charge in [-0.1, -0.05) is 25.2 Å². The predicted molar refractivity (Wildman–Crippen MR) is 69.7 cm³/mol. The number of carbonyl (C=O) groups is 1. The fourth-order valence-electron chi connectivity index (χ4n) is 1.23. The molecule has 0 unspecified atom stereocenters. The van der Waals surface area contributed by atoms with E-state index in [4.69, 9.17) is 0 Å². The molecule has 18 heavy (non-hydrogen) atoms. The van der Waals surface area contributed by atoms with Gasteiger partial charge < -0.3 is 5.32 Å². The number of sulfone groups is 1. The molecule has 0 bridgehead atoms. The Labute approximate surface area is 110 Å². The monoisotopic (exact) mass is 292 g/mol. The highest BCUT2D eigenvalue weighted by Gasteiger charge is 2.23. The quantitative estimate of drug-likeness (QED) is 0.826. The Bertz CT molecular complexity index is 524. The Morgan fingerprint density at radius 3 is 2.56 bits per heavy atom. The second-order valence-electron chi connectivity index (χ2n) is 4.14. The van der Waals surface area contributed by atoms with Crippen molar-refractivity contribution in [3.8, 4) is 0 Å². The lowest BCUT2D eigenvalue weighted by molar-refractivity contribution is 0.249. The molecule has 0 aliphatic heterocycles. The maximum absolute atomic E-state index is 11.9. The summed E-state index contributed by atoms with van der Waals surface area (Å²) in [7, 11) is -0.437. The van der Waals surface area contributed by atoms with Crippen LogP contribution in [0.2, 0.25) is 0 Å².